The molecular formula is C24H29F2N9O3S. The quantitative estimate of drug-likeness (QED) is 0.303. The maximum absolute atomic E-state index is 14.6. The Morgan fingerprint density at radius 2 is 1.95 bits per heavy atom. The maximum atomic E-state index is 14.6. The van der Waals surface area contributed by atoms with Gasteiger partial charge >= 0.3 is 0 Å². The summed E-state index contributed by atoms with van der Waals surface area (Å²) in [7, 11) is 0.810. The van der Waals surface area contributed by atoms with Gasteiger partial charge in [0.05, 0.1) is 24.3 Å². The molecule has 4 heterocycles. The van der Waals surface area contributed by atoms with Gasteiger partial charge in [0.2, 0.25) is 17.7 Å². The molecule has 5 rings (SSSR count). The SMILES string of the molecule is CN(CCN1CCN(c2cc(OCC[S@@](C)=O)c(F)cc2F)CC1)c1nc(N)n2nc(-c3ccco3)nc2n1. The molecule has 0 radical (unpaired) electrons. The number of benzene rings is 1. The van der Waals surface area contributed by atoms with Crippen LogP contribution in [0.1, 0.15) is 0 Å². The summed E-state index contributed by atoms with van der Waals surface area (Å²) in [5.41, 5.74) is 6.39. The molecule has 1 fully saturated rings. The van der Waals surface area contributed by atoms with Crippen LogP contribution in [-0.4, -0.2) is 98.6 Å². The van der Waals surface area contributed by atoms with E-state index in [1.165, 1.54) is 16.8 Å². The number of nitrogens with two attached hydrogens (primary N) is 1. The Bertz CT molecular complexity index is 1460. The molecule has 1 atom stereocenters. The smallest absolute Gasteiger partial charge is 0.259 e. The summed E-state index contributed by atoms with van der Waals surface area (Å²) in [5.74, 6) is 0.594. The number of halogens is 2. The van der Waals surface area contributed by atoms with Gasteiger partial charge in [-0.1, -0.05) is 0 Å². The molecule has 0 amide bonds. The van der Waals surface area contributed by atoms with Crippen LogP contribution in [0.2, 0.25) is 0 Å². The van der Waals surface area contributed by atoms with Crippen LogP contribution >= 0.6 is 0 Å². The molecule has 2 N–H and O–H groups in total. The Balaban J connectivity index is 1.17. The minimum atomic E-state index is -1.06. The first-order chi connectivity index (χ1) is 18.8. The highest BCUT2D eigenvalue weighted by Gasteiger charge is 2.23. The zero-order valence-electron chi connectivity index (χ0n) is 21.6. The van der Waals surface area contributed by atoms with Crippen LogP contribution < -0.4 is 20.3 Å². The molecule has 1 aliphatic rings. The van der Waals surface area contributed by atoms with E-state index in [0.717, 1.165) is 12.6 Å². The van der Waals surface area contributed by atoms with Gasteiger partial charge in [0.1, 0.15) is 5.82 Å². The number of piperazine rings is 1. The van der Waals surface area contributed by atoms with Crippen LogP contribution in [0.25, 0.3) is 17.4 Å². The van der Waals surface area contributed by atoms with E-state index in [0.29, 0.717) is 61.7 Å². The Morgan fingerprint density at radius 1 is 1.15 bits per heavy atom. The summed E-state index contributed by atoms with van der Waals surface area (Å²) in [6, 6.07) is 5.72. The van der Waals surface area contributed by atoms with Crippen LogP contribution in [0.5, 0.6) is 5.75 Å². The van der Waals surface area contributed by atoms with Crippen molar-refractivity contribution in [2.45, 2.75) is 0 Å². The highest BCUT2D eigenvalue weighted by atomic mass is 32.2. The second kappa shape index (κ2) is 11.5. The van der Waals surface area contributed by atoms with E-state index in [1.54, 1.807) is 18.4 Å². The lowest BCUT2D eigenvalue weighted by atomic mass is 10.2. The predicted molar refractivity (Wildman–Crippen MR) is 143 cm³/mol. The average molecular weight is 562 g/mol. The van der Waals surface area contributed by atoms with Crippen molar-refractivity contribution in [1.29, 1.82) is 0 Å². The van der Waals surface area contributed by atoms with E-state index in [4.69, 9.17) is 14.9 Å². The summed E-state index contributed by atoms with van der Waals surface area (Å²) >= 11 is 0. The van der Waals surface area contributed by atoms with E-state index in [-0.39, 0.29) is 24.1 Å². The lowest BCUT2D eigenvalue weighted by Gasteiger charge is -2.37. The summed E-state index contributed by atoms with van der Waals surface area (Å²) < 4.78 is 52.1. The fourth-order valence-corrected chi connectivity index (χ4v) is 4.54. The monoisotopic (exact) mass is 561 g/mol. The number of hydrogen-bond acceptors (Lipinski definition) is 11. The molecule has 1 aromatic carbocycles. The van der Waals surface area contributed by atoms with Crippen molar-refractivity contribution >= 4 is 34.2 Å². The average Bonchev–Trinajstić information content (AvgIpc) is 3.59. The van der Waals surface area contributed by atoms with Gasteiger partial charge in [-0.3, -0.25) is 9.11 Å². The highest BCUT2D eigenvalue weighted by molar-refractivity contribution is 7.84. The number of fused-ring (bicyclic) bond motifs is 1. The minimum absolute atomic E-state index is 0.0406. The summed E-state index contributed by atoms with van der Waals surface area (Å²) in [6.45, 7) is 3.94. The Hall–Kier alpha value is -3.85. The predicted octanol–water partition coefficient (Wildman–Crippen LogP) is 1.66. The summed E-state index contributed by atoms with van der Waals surface area (Å²) in [4.78, 5) is 19.3. The minimum Gasteiger partial charge on any atom is -0.489 e. The Labute approximate surface area is 225 Å². The number of likely N-dealkylation sites (N-methyl/N-ethyl adjacent to an activating group) is 1. The number of furan rings is 1. The van der Waals surface area contributed by atoms with Gasteiger partial charge in [-0.05, 0) is 12.1 Å². The van der Waals surface area contributed by atoms with Gasteiger partial charge in [-0.25, -0.2) is 8.78 Å². The van der Waals surface area contributed by atoms with E-state index >= 15 is 0 Å². The molecule has 0 bridgehead atoms. The fraction of sp³-hybridized carbons (Fsp3) is 0.417. The van der Waals surface area contributed by atoms with Crippen molar-refractivity contribution < 1.29 is 22.1 Å². The van der Waals surface area contributed by atoms with Crippen molar-refractivity contribution in [3.05, 3.63) is 42.2 Å². The number of rotatable bonds is 10. The topological polar surface area (TPSA) is 131 Å². The third-order valence-corrected chi connectivity index (χ3v) is 7.14. The van der Waals surface area contributed by atoms with Crippen molar-refractivity contribution in [3.63, 3.8) is 0 Å². The molecule has 1 saturated heterocycles. The second-order valence-electron chi connectivity index (χ2n) is 9.12. The lowest BCUT2D eigenvalue weighted by Crippen LogP contribution is -2.48. The standard InChI is InChI=1S/C24H29F2N9O3S/c1-32(23-29-22(27)35-24(30-23)28-21(31-35)19-4-3-11-37-19)5-6-33-7-9-34(10-8-33)18-15-20(17(26)14-16(18)25)38-12-13-39(2)36/h3-4,11,14-15H,5-10,12-13H2,1-2H3,(H2,27,28,29,30,31)/t39-/m1/s1. The van der Waals surface area contributed by atoms with E-state index in [9.17, 15) is 13.0 Å². The van der Waals surface area contributed by atoms with Crippen LogP contribution in [-0.2, 0) is 10.8 Å². The van der Waals surface area contributed by atoms with Gasteiger partial charge in [0.15, 0.2) is 17.3 Å². The molecule has 3 aromatic heterocycles. The molecule has 0 spiro atoms. The van der Waals surface area contributed by atoms with Gasteiger partial charge in [-0.15, -0.1) is 5.10 Å². The normalized spacial score (nSPS) is 15.1. The summed E-state index contributed by atoms with van der Waals surface area (Å²) in [5, 5.41) is 4.31. The summed E-state index contributed by atoms with van der Waals surface area (Å²) in [6.07, 6.45) is 3.08. The first-order valence-corrected chi connectivity index (χ1v) is 14.1. The van der Waals surface area contributed by atoms with Crippen LogP contribution in [0.3, 0.4) is 0 Å². The molecule has 1 aliphatic heterocycles. The van der Waals surface area contributed by atoms with E-state index < -0.39 is 22.4 Å². The number of nitrogens with zero attached hydrogens (tertiary/aromatic N) is 8. The molecule has 208 valence electrons. The van der Waals surface area contributed by atoms with Gasteiger partial charge in [-0.2, -0.15) is 19.5 Å². The number of anilines is 3. The Morgan fingerprint density at radius 3 is 2.67 bits per heavy atom. The zero-order chi connectivity index (χ0) is 27.5. The number of hydrogen-bond donors (Lipinski definition) is 1. The third kappa shape index (κ3) is 6.09. The largest absolute Gasteiger partial charge is 0.489 e. The van der Waals surface area contributed by atoms with E-state index in [1.807, 2.05) is 16.8 Å². The van der Waals surface area contributed by atoms with Crippen LogP contribution in [0.4, 0.5) is 26.4 Å². The van der Waals surface area contributed by atoms with Gasteiger partial charge < -0.3 is 24.7 Å². The van der Waals surface area contributed by atoms with Crippen molar-refractivity contribution in [2.24, 2.45) is 0 Å². The second-order valence-corrected chi connectivity index (χ2v) is 10.7. The molecular weight excluding hydrogens is 532 g/mol. The maximum Gasteiger partial charge on any atom is 0.259 e. The van der Waals surface area contributed by atoms with Crippen molar-refractivity contribution in [2.75, 3.05) is 80.5 Å². The molecule has 39 heavy (non-hydrogen) atoms. The van der Waals surface area contributed by atoms with Gasteiger partial charge in [0, 0.05) is 75.5 Å². The van der Waals surface area contributed by atoms with Crippen LogP contribution in [0.15, 0.2) is 34.9 Å². The first-order valence-electron chi connectivity index (χ1n) is 12.3. The lowest BCUT2D eigenvalue weighted by molar-refractivity contribution is 0.262. The fourth-order valence-electron chi connectivity index (χ4n) is 4.22. The highest BCUT2D eigenvalue weighted by Crippen LogP contribution is 2.29. The molecule has 0 saturated carbocycles. The molecule has 0 aliphatic carbocycles. The third-order valence-electron chi connectivity index (χ3n) is 6.40. The molecule has 15 heteroatoms. The molecule has 4 aromatic rings. The number of aromatic nitrogens is 5. The van der Waals surface area contributed by atoms with Gasteiger partial charge in [0.25, 0.3) is 5.78 Å². The number of nitrogen functional groups attached to an aromatic ring is 1. The van der Waals surface area contributed by atoms with Crippen molar-refractivity contribution in [3.8, 4) is 17.3 Å². The first kappa shape index (κ1) is 26.7. The Kier molecular flexibility index (Phi) is 7.88. The number of ether oxygens (including phenoxy) is 1. The van der Waals surface area contributed by atoms with E-state index in [2.05, 4.69) is 25.0 Å². The van der Waals surface area contributed by atoms with Crippen molar-refractivity contribution in [1.82, 2.24) is 29.5 Å². The zero-order valence-corrected chi connectivity index (χ0v) is 22.4. The molecule has 12 nitrogen and oxygen atoms in total. The van der Waals surface area contributed by atoms with Crippen LogP contribution in [0, 0.1) is 11.6 Å². The molecule has 0 unspecified atom stereocenters.